The highest BCUT2D eigenvalue weighted by atomic mass is 127. The zero-order valence-electron chi connectivity index (χ0n) is 7.85. The maximum atomic E-state index is 3.53. The molecule has 4 heteroatoms. The fourth-order valence-corrected chi connectivity index (χ4v) is 1.88. The average molecular weight is 367 g/mol. The molecule has 0 bridgehead atoms. The van der Waals surface area contributed by atoms with Crippen molar-refractivity contribution in [2.45, 2.75) is 0 Å². The Kier molecular flexibility index (Phi) is 4.25. The Labute approximate surface area is 110 Å². The standard InChI is InChI=1S/C10H11BrN2.HI/c1-12-6-7-13(8-12)10-5-3-2-4-9(10)11;/h2-7H,8H2,1H3;1H. The Balaban J connectivity index is 0.000000980. The molecule has 0 saturated carbocycles. The van der Waals surface area contributed by atoms with Gasteiger partial charge in [-0.15, -0.1) is 24.0 Å². The van der Waals surface area contributed by atoms with Gasteiger partial charge >= 0.3 is 0 Å². The van der Waals surface area contributed by atoms with E-state index in [0.29, 0.717) is 0 Å². The van der Waals surface area contributed by atoms with Gasteiger partial charge in [-0.25, -0.2) is 0 Å². The summed E-state index contributed by atoms with van der Waals surface area (Å²) in [6.45, 7) is 0.919. The van der Waals surface area contributed by atoms with E-state index in [-0.39, 0.29) is 24.0 Å². The number of hydrogen-bond acceptors (Lipinski definition) is 2. The molecule has 0 amide bonds. The van der Waals surface area contributed by atoms with Gasteiger partial charge < -0.3 is 9.80 Å². The maximum absolute atomic E-state index is 3.53. The fraction of sp³-hybridized carbons (Fsp3) is 0.200. The highest BCUT2D eigenvalue weighted by Gasteiger charge is 2.11. The molecule has 2 nitrogen and oxygen atoms in total. The van der Waals surface area contributed by atoms with Gasteiger partial charge in [-0.2, -0.15) is 0 Å². The lowest BCUT2D eigenvalue weighted by Crippen LogP contribution is -2.21. The van der Waals surface area contributed by atoms with Crippen LogP contribution in [0, 0.1) is 0 Å². The van der Waals surface area contributed by atoms with E-state index in [0.717, 1.165) is 11.1 Å². The molecule has 0 fully saturated rings. The van der Waals surface area contributed by atoms with Gasteiger partial charge in [0, 0.05) is 23.9 Å². The molecular formula is C10H12BrIN2. The van der Waals surface area contributed by atoms with Crippen LogP contribution in [-0.4, -0.2) is 18.6 Å². The van der Waals surface area contributed by atoms with Crippen LogP contribution in [0.5, 0.6) is 0 Å². The normalized spacial score (nSPS) is 14.4. The first kappa shape index (κ1) is 11.8. The molecule has 0 N–H and O–H groups in total. The second kappa shape index (κ2) is 5.02. The van der Waals surface area contributed by atoms with Crippen LogP contribution >= 0.6 is 39.9 Å². The van der Waals surface area contributed by atoms with E-state index in [2.05, 4.69) is 57.3 Å². The van der Waals surface area contributed by atoms with Crippen LogP contribution in [0.1, 0.15) is 0 Å². The number of anilines is 1. The topological polar surface area (TPSA) is 6.48 Å². The number of benzene rings is 1. The smallest absolute Gasteiger partial charge is 0.0939 e. The van der Waals surface area contributed by atoms with Crippen LogP contribution in [0.2, 0.25) is 0 Å². The molecule has 0 atom stereocenters. The molecule has 76 valence electrons. The van der Waals surface area contributed by atoms with Crippen LogP contribution in [-0.2, 0) is 0 Å². The van der Waals surface area contributed by atoms with Crippen LogP contribution in [0.4, 0.5) is 5.69 Å². The molecule has 14 heavy (non-hydrogen) atoms. The Morgan fingerprint density at radius 2 is 1.93 bits per heavy atom. The van der Waals surface area contributed by atoms with Crippen molar-refractivity contribution in [3.63, 3.8) is 0 Å². The van der Waals surface area contributed by atoms with E-state index < -0.39 is 0 Å². The zero-order chi connectivity index (χ0) is 9.26. The predicted octanol–water partition coefficient (Wildman–Crippen LogP) is 3.25. The summed E-state index contributed by atoms with van der Waals surface area (Å²) in [5.74, 6) is 0. The Morgan fingerprint density at radius 3 is 2.50 bits per heavy atom. The highest BCUT2D eigenvalue weighted by Crippen LogP contribution is 2.27. The number of halogens is 2. The molecule has 0 aromatic heterocycles. The van der Waals surface area contributed by atoms with Crippen molar-refractivity contribution in [2.24, 2.45) is 0 Å². The van der Waals surface area contributed by atoms with Gasteiger partial charge in [-0.05, 0) is 28.1 Å². The Bertz CT molecular complexity index is 341. The minimum absolute atomic E-state index is 0. The molecule has 0 spiro atoms. The summed E-state index contributed by atoms with van der Waals surface area (Å²) < 4.78 is 1.13. The van der Waals surface area contributed by atoms with Crippen molar-refractivity contribution in [3.05, 3.63) is 41.1 Å². The second-order valence-corrected chi connectivity index (χ2v) is 3.97. The molecule has 0 aliphatic carbocycles. The molecule has 0 unspecified atom stereocenters. The summed E-state index contributed by atoms with van der Waals surface area (Å²) in [5, 5.41) is 0. The van der Waals surface area contributed by atoms with Gasteiger partial charge in [-0.1, -0.05) is 12.1 Å². The first-order valence-corrected chi connectivity index (χ1v) is 4.96. The number of nitrogens with zero attached hydrogens (tertiary/aromatic N) is 2. The Morgan fingerprint density at radius 1 is 1.21 bits per heavy atom. The van der Waals surface area contributed by atoms with Crippen molar-refractivity contribution in [1.82, 2.24) is 4.90 Å². The van der Waals surface area contributed by atoms with Gasteiger partial charge in [-0.3, -0.25) is 0 Å². The molecule has 1 heterocycles. The lowest BCUT2D eigenvalue weighted by Gasteiger charge is -2.19. The first-order valence-electron chi connectivity index (χ1n) is 4.17. The Hall–Kier alpha value is -0.230. The van der Waals surface area contributed by atoms with E-state index in [1.54, 1.807) is 0 Å². The lowest BCUT2D eigenvalue weighted by atomic mass is 10.3. The molecule has 1 aliphatic rings. The summed E-state index contributed by atoms with van der Waals surface area (Å²) in [4.78, 5) is 4.34. The monoisotopic (exact) mass is 366 g/mol. The molecule has 1 aromatic carbocycles. The third kappa shape index (κ3) is 2.42. The summed E-state index contributed by atoms with van der Waals surface area (Å²) >= 11 is 3.53. The first-order chi connectivity index (χ1) is 6.27. The van der Waals surface area contributed by atoms with Crippen molar-refractivity contribution < 1.29 is 0 Å². The molecule has 0 radical (unpaired) electrons. The SMILES string of the molecule is CN1C=CN(c2ccccc2Br)C1.I. The van der Waals surface area contributed by atoms with Crippen LogP contribution in [0.25, 0.3) is 0 Å². The number of hydrogen-bond donors (Lipinski definition) is 0. The van der Waals surface area contributed by atoms with E-state index in [1.165, 1.54) is 5.69 Å². The molecule has 1 aromatic rings. The lowest BCUT2D eigenvalue weighted by molar-refractivity contribution is 0.495. The van der Waals surface area contributed by atoms with Crippen molar-refractivity contribution in [3.8, 4) is 0 Å². The third-order valence-corrected chi connectivity index (χ3v) is 2.71. The maximum Gasteiger partial charge on any atom is 0.0939 e. The molecule has 1 aliphatic heterocycles. The third-order valence-electron chi connectivity index (χ3n) is 2.04. The minimum atomic E-state index is 0. The van der Waals surface area contributed by atoms with E-state index in [1.807, 2.05) is 12.1 Å². The van der Waals surface area contributed by atoms with Gasteiger partial charge in [0.25, 0.3) is 0 Å². The average Bonchev–Trinajstić information content (AvgIpc) is 2.53. The number of rotatable bonds is 1. The largest absolute Gasteiger partial charge is 0.361 e. The van der Waals surface area contributed by atoms with Crippen molar-refractivity contribution >= 4 is 45.6 Å². The van der Waals surface area contributed by atoms with Gasteiger partial charge in [0.05, 0.1) is 12.4 Å². The second-order valence-electron chi connectivity index (χ2n) is 3.12. The van der Waals surface area contributed by atoms with Crippen molar-refractivity contribution in [1.29, 1.82) is 0 Å². The summed E-state index contributed by atoms with van der Waals surface area (Å²) in [6, 6.07) is 8.23. The summed E-state index contributed by atoms with van der Waals surface area (Å²) in [6.07, 6.45) is 4.15. The fourth-order valence-electron chi connectivity index (χ4n) is 1.37. The van der Waals surface area contributed by atoms with Gasteiger partial charge in [0.1, 0.15) is 0 Å². The van der Waals surface area contributed by atoms with Crippen LogP contribution in [0.3, 0.4) is 0 Å². The van der Waals surface area contributed by atoms with Crippen LogP contribution < -0.4 is 4.90 Å². The predicted molar refractivity (Wildman–Crippen MR) is 73.8 cm³/mol. The summed E-state index contributed by atoms with van der Waals surface area (Å²) in [5.41, 5.74) is 1.21. The van der Waals surface area contributed by atoms with Crippen molar-refractivity contribution in [2.75, 3.05) is 18.6 Å². The molecule has 2 rings (SSSR count). The van der Waals surface area contributed by atoms with Gasteiger partial charge in [0.15, 0.2) is 0 Å². The minimum Gasteiger partial charge on any atom is -0.361 e. The van der Waals surface area contributed by atoms with E-state index in [4.69, 9.17) is 0 Å². The van der Waals surface area contributed by atoms with Crippen LogP contribution in [0.15, 0.2) is 41.1 Å². The van der Waals surface area contributed by atoms with Gasteiger partial charge in [0.2, 0.25) is 0 Å². The zero-order valence-corrected chi connectivity index (χ0v) is 11.8. The summed E-state index contributed by atoms with van der Waals surface area (Å²) in [7, 11) is 2.06. The molecule has 0 saturated heterocycles. The quantitative estimate of drug-likeness (QED) is 0.704. The number of para-hydroxylation sites is 1. The molecular weight excluding hydrogens is 355 g/mol. The highest BCUT2D eigenvalue weighted by molar-refractivity contribution is 14.0. The van der Waals surface area contributed by atoms with E-state index in [9.17, 15) is 0 Å². The van der Waals surface area contributed by atoms with E-state index >= 15 is 0 Å².